The lowest BCUT2D eigenvalue weighted by molar-refractivity contribution is 1.16. The number of halogens is 1. The van der Waals surface area contributed by atoms with E-state index in [1.807, 2.05) is 31.2 Å². The van der Waals surface area contributed by atoms with Gasteiger partial charge in [-0.25, -0.2) is 9.97 Å². The van der Waals surface area contributed by atoms with Crippen LogP contribution in [0.3, 0.4) is 0 Å². The average Bonchev–Trinajstić information content (AvgIpc) is 2.28. The predicted molar refractivity (Wildman–Crippen MR) is 68.9 cm³/mol. The van der Waals surface area contributed by atoms with Crippen LogP contribution in [0.1, 0.15) is 11.3 Å². The molecule has 2 rings (SSSR count). The molecule has 0 aliphatic carbocycles. The summed E-state index contributed by atoms with van der Waals surface area (Å²) in [4.78, 5) is 8.03. The topological polar surface area (TPSA) is 61.6 Å². The molecular formula is C12H9BrN4. The fourth-order valence-electron chi connectivity index (χ4n) is 1.41. The smallest absolute Gasteiger partial charge is 0.158 e. The quantitative estimate of drug-likeness (QED) is 0.922. The summed E-state index contributed by atoms with van der Waals surface area (Å²) in [6.45, 7) is 2.01. The fourth-order valence-corrected chi connectivity index (χ4v) is 2.01. The Hall–Kier alpha value is -1.93. The van der Waals surface area contributed by atoms with Gasteiger partial charge in [-0.2, -0.15) is 5.26 Å². The van der Waals surface area contributed by atoms with E-state index in [0.29, 0.717) is 11.5 Å². The minimum absolute atomic E-state index is 0.306. The van der Waals surface area contributed by atoms with Crippen LogP contribution in [-0.2, 0) is 0 Å². The Bertz CT molecular complexity index is 552. The highest BCUT2D eigenvalue weighted by Gasteiger charge is 1.99. The third kappa shape index (κ3) is 3.02. The zero-order chi connectivity index (χ0) is 12.3. The number of aryl methyl sites for hydroxylation is 1. The molecule has 0 bridgehead atoms. The minimum Gasteiger partial charge on any atom is -0.339 e. The molecule has 0 atom stereocenters. The highest BCUT2D eigenvalue weighted by molar-refractivity contribution is 9.10. The van der Waals surface area contributed by atoms with E-state index in [-0.39, 0.29) is 0 Å². The molecule has 0 aliphatic rings. The monoisotopic (exact) mass is 288 g/mol. The molecule has 0 saturated carbocycles. The van der Waals surface area contributed by atoms with E-state index in [2.05, 4.69) is 31.2 Å². The lowest BCUT2D eigenvalue weighted by Crippen LogP contribution is -1.96. The Kier molecular flexibility index (Phi) is 3.35. The molecule has 0 unspecified atom stereocenters. The van der Waals surface area contributed by atoms with Crippen LogP contribution in [0.25, 0.3) is 0 Å². The maximum Gasteiger partial charge on any atom is 0.158 e. The number of hydrogen-bond acceptors (Lipinski definition) is 4. The third-order valence-corrected chi connectivity index (χ3v) is 2.54. The first-order valence-electron chi connectivity index (χ1n) is 4.94. The van der Waals surface area contributed by atoms with E-state index in [4.69, 9.17) is 5.26 Å². The van der Waals surface area contributed by atoms with Crippen molar-refractivity contribution in [2.24, 2.45) is 0 Å². The summed E-state index contributed by atoms with van der Waals surface area (Å²) in [7, 11) is 0. The number of nitriles is 1. The van der Waals surface area contributed by atoms with Crippen molar-refractivity contribution in [2.75, 3.05) is 5.32 Å². The molecule has 4 nitrogen and oxygen atoms in total. The number of anilines is 2. The Morgan fingerprint density at radius 1 is 1.24 bits per heavy atom. The van der Waals surface area contributed by atoms with Gasteiger partial charge in [-0.15, -0.1) is 0 Å². The first kappa shape index (κ1) is 11.6. The molecule has 17 heavy (non-hydrogen) atoms. The maximum atomic E-state index is 8.61. The van der Waals surface area contributed by atoms with Gasteiger partial charge in [0.2, 0.25) is 0 Å². The summed E-state index contributed by atoms with van der Waals surface area (Å²) in [5.74, 6) is 0.613. The van der Waals surface area contributed by atoms with Crippen molar-refractivity contribution in [2.45, 2.75) is 6.92 Å². The van der Waals surface area contributed by atoms with Crippen molar-refractivity contribution in [1.29, 1.82) is 5.26 Å². The van der Waals surface area contributed by atoms with Crippen molar-refractivity contribution >= 4 is 27.4 Å². The van der Waals surface area contributed by atoms with Crippen LogP contribution in [0.4, 0.5) is 11.5 Å². The van der Waals surface area contributed by atoms with Crippen molar-refractivity contribution < 1.29 is 0 Å². The van der Waals surface area contributed by atoms with Crippen LogP contribution in [0.5, 0.6) is 0 Å². The fraction of sp³-hybridized carbons (Fsp3) is 0.0833. The molecule has 0 fully saturated rings. The largest absolute Gasteiger partial charge is 0.339 e. The Morgan fingerprint density at radius 2 is 2.06 bits per heavy atom. The molecule has 0 saturated heterocycles. The number of nitrogens with zero attached hydrogens (tertiary/aromatic N) is 3. The minimum atomic E-state index is 0.306. The van der Waals surface area contributed by atoms with Crippen LogP contribution >= 0.6 is 15.9 Å². The van der Waals surface area contributed by atoms with Gasteiger partial charge in [0.05, 0.1) is 12.4 Å². The van der Waals surface area contributed by atoms with Crippen molar-refractivity contribution in [3.8, 4) is 6.07 Å². The predicted octanol–water partition coefficient (Wildman–Crippen LogP) is 3.16. The zero-order valence-electron chi connectivity index (χ0n) is 9.11. The molecule has 84 valence electrons. The summed E-state index contributed by atoms with van der Waals surface area (Å²) < 4.78 is 1.00. The molecular weight excluding hydrogens is 280 g/mol. The average molecular weight is 289 g/mol. The lowest BCUT2D eigenvalue weighted by Gasteiger charge is -2.06. The second-order valence-corrected chi connectivity index (χ2v) is 4.46. The van der Waals surface area contributed by atoms with E-state index in [1.165, 1.54) is 12.4 Å². The van der Waals surface area contributed by atoms with Crippen LogP contribution in [0.15, 0.2) is 35.1 Å². The molecule has 2 aromatic rings. The Balaban J connectivity index is 2.22. The van der Waals surface area contributed by atoms with Gasteiger partial charge >= 0.3 is 0 Å². The van der Waals surface area contributed by atoms with Gasteiger partial charge in [0, 0.05) is 10.2 Å². The summed E-state index contributed by atoms with van der Waals surface area (Å²) >= 11 is 3.43. The molecule has 0 radical (unpaired) electrons. The summed E-state index contributed by atoms with van der Waals surface area (Å²) in [5, 5.41) is 11.7. The van der Waals surface area contributed by atoms with Crippen molar-refractivity contribution in [3.05, 3.63) is 46.3 Å². The molecule has 0 spiro atoms. The van der Waals surface area contributed by atoms with E-state index in [0.717, 1.165) is 15.7 Å². The van der Waals surface area contributed by atoms with Crippen LogP contribution in [0.2, 0.25) is 0 Å². The number of benzene rings is 1. The van der Waals surface area contributed by atoms with E-state index in [1.54, 1.807) is 0 Å². The normalized spacial score (nSPS) is 9.71. The van der Waals surface area contributed by atoms with Crippen molar-refractivity contribution in [3.63, 3.8) is 0 Å². The first-order chi connectivity index (χ1) is 8.17. The molecule has 5 heteroatoms. The molecule has 1 heterocycles. The molecule has 0 aliphatic heterocycles. The Labute approximate surface area is 107 Å². The number of nitrogens with one attached hydrogen (secondary N) is 1. The van der Waals surface area contributed by atoms with Gasteiger partial charge in [-0.05, 0) is 30.7 Å². The number of hydrogen-bond donors (Lipinski definition) is 1. The Morgan fingerprint density at radius 3 is 2.65 bits per heavy atom. The second kappa shape index (κ2) is 4.93. The molecule has 1 N–H and O–H groups in total. The van der Waals surface area contributed by atoms with E-state index < -0.39 is 0 Å². The summed E-state index contributed by atoms with van der Waals surface area (Å²) in [6, 6.07) is 7.91. The van der Waals surface area contributed by atoms with Gasteiger partial charge in [0.25, 0.3) is 0 Å². The molecule has 1 aromatic carbocycles. The summed E-state index contributed by atoms with van der Waals surface area (Å²) in [5.41, 5.74) is 2.38. The highest BCUT2D eigenvalue weighted by atomic mass is 79.9. The summed E-state index contributed by atoms with van der Waals surface area (Å²) in [6.07, 6.45) is 2.97. The molecule has 1 aromatic heterocycles. The zero-order valence-corrected chi connectivity index (χ0v) is 10.7. The standard InChI is InChI=1S/C12H9BrN4/c1-8-2-9(13)4-10(3-8)17-12-7-15-11(5-14)6-16-12/h2-4,6-7H,1H3,(H,16,17). The highest BCUT2D eigenvalue weighted by Crippen LogP contribution is 2.21. The van der Waals surface area contributed by atoms with Crippen LogP contribution in [-0.4, -0.2) is 9.97 Å². The number of rotatable bonds is 2. The van der Waals surface area contributed by atoms with Crippen LogP contribution < -0.4 is 5.32 Å². The molecule has 0 amide bonds. The van der Waals surface area contributed by atoms with Gasteiger partial charge in [0.15, 0.2) is 5.69 Å². The SMILES string of the molecule is Cc1cc(Br)cc(Nc2cnc(C#N)cn2)c1. The van der Waals surface area contributed by atoms with E-state index in [9.17, 15) is 0 Å². The van der Waals surface area contributed by atoms with Gasteiger partial charge < -0.3 is 5.32 Å². The van der Waals surface area contributed by atoms with Gasteiger partial charge in [0.1, 0.15) is 11.9 Å². The van der Waals surface area contributed by atoms with Crippen molar-refractivity contribution in [1.82, 2.24) is 9.97 Å². The maximum absolute atomic E-state index is 8.61. The first-order valence-corrected chi connectivity index (χ1v) is 5.73. The third-order valence-electron chi connectivity index (χ3n) is 2.08. The van der Waals surface area contributed by atoms with Gasteiger partial charge in [-0.3, -0.25) is 0 Å². The van der Waals surface area contributed by atoms with Crippen LogP contribution in [0, 0.1) is 18.3 Å². The van der Waals surface area contributed by atoms with Gasteiger partial charge in [-0.1, -0.05) is 15.9 Å². The van der Waals surface area contributed by atoms with E-state index >= 15 is 0 Å². The lowest BCUT2D eigenvalue weighted by atomic mass is 10.2. The second-order valence-electron chi connectivity index (χ2n) is 3.54. The number of aromatic nitrogens is 2.